The highest BCUT2D eigenvalue weighted by Gasteiger charge is 2.45. The Labute approximate surface area is 266 Å². The number of fused-ring (bicyclic) bond motifs is 2. The zero-order chi connectivity index (χ0) is 31.9. The summed E-state index contributed by atoms with van der Waals surface area (Å²) in [5.41, 5.74) is 3.58. The van der Waals surface area contributed by atoms with Crippen LogP contribution in [0.1, 0.15) is 63.3 Å². The summed E-state index contributed by atoms with van der Waals surface area (Å²) in [4.78, 5) is 26.4. The third kappa shape index (κ3) is 6.35. The van der Waals surface area contributed by atoms with E-state index in [1.807, 2.05) is 20.8 Å². The van der Waals surface area contributed by atoms with Gasteiger partial charge in [-0.2, -0.15) is 9.99 Å². The van der Waals surface area contributed by atoms with Gasteiger partial charge >= 0.3 is 12.1 Å². The summed E-state index contributed by atoms with van der Waals surface area (Å²) in [6.45, 7) is 9.21. The first-order chi connectivity index (χ1) is 21.5. The maximum atomic E-state index is 14.1. The topological polar surface area (TPSA) is 112 Å². The van der Waals surface area contributed by atoms with Gasteiger partial charge in [-0.15, -0.1) is 0 Å². The number of benzene rings is 1. The van der Waals surface area contributed by atoms with E-state index in [0.717, 1.165) is 67.0 Å². The van der Waals surface area contributed by atoms with Gasteiger partial charge in [0.1, 0.15) is 17.9 Å². The van der Waals surface area contributed by atoms with Crippen LogP contribution in [-0.4, -0.2) is 92.0 Å². The molecule has 11 heteroatoms. The molecule has 0 unspecified atom stereocenters. The minimum atomic E-state index is -0.628. The normalized spacial score (nSPS) is 25.1. The zero-order valence-electron chi connectivity index (χ0n) is 27.4. The predicted octanol–water partition coefficient (Wildman–Crippen LogP) is 3.69. The summed E-state index contributed by atoms with van der Waals surface area (Å²) in [5, 5.41) is 23.8. The molecule has 1 amide bonds. The van der Waals surface area contributed by atoms with Crippen LogP contribution in [0.2, 0.25) is 0 Å². The number of anilines is 2. The molecule has 4 aliphatic rings. The van der Waals surface area contributed by atoms with Crippen molar-refractivity contribution < 1.29 is 19.0 Å². The number of ether oxygens (including phenoxy) is 2. The minimum Gasteiger partial charge on any atom is -0.708 e. The largest absolute Gasteiger partial charge is 0.708 e. The molecule has 2 saturated heterocycles. The van der Waals surface area contributed by atoms with Crippen LogP contribution < -0.4 is 19.3 Å². The second-order valence-electron chi connectivity index (χ2n) is 14.5. The van der Waals surface area contributed by atoms with Crippen molar-refractivity contribution in [3.8, 4) is 12.1 Å². The fourth-order valence-corrected chi connectivity index (χ4v) is 7.81. The SMILES string of the molecule is CN1C[C@]2(CCc3c(N4CCN(C(=O)OC(C)(C)C)[C@@H](CC#N)C4)nc(OC[C@@H]4CCCN4C)[n+]([O-])c3C2)Cc2ccccc21. The Kier molecular flexibility index (Phi) is 8.46. The van der Waals surface area contributed by atoms with E-state index in [1.54, 1.807) is 4.90 Å². The van der Waals surface area contributed by atoms with E-state index in [-0.39, 0.29) is 29.9 Å². The molecule has 1 aromatic heterocycles. The zero-order valence-corrected chi connectivity index (χ0v) is 27.4. The molecule has 3 atom stereocenters. The molecule has 6 rings (SSSR count). The van der Waals surface area contributed by atoms with Crippen LogP contribution in [0.25, 0.3) is 0 Å². The van der Waals surface area contributed by atoms with Crippen molar-refractivity contribution in [2.75, 3.05) is 63.2 Å². The molecule has 45 heavy (non-hydrogen) atoms. The van der Waals surface area contributed by atoms with Crippen molar-refractivity contribution in [2.45, 2.75) is 83.4 Å². The summed E-state index contributed by atoms with van der Waals surface area (Å²) in [6, 6.07) is 10.8. The molecule has 1 aliphatic carbocycles. The lowest BCUT2D eigenvalue weighted by molar-refractivity contribution is -0.626. The highest BCUT2D eigenvalue weighted by molar-refractivity contribution is 5.69. The number of carbonyl (C=O) groups is 1. The predicted molar refractivity (Wildman–Crippen MR) is 171 cm³/mol. The van der Waals surface area contributed by atoms with Crippen molar-refractivity contribution >= 4 is 17.6 Å². The Hall–Kier alpha value is -3.78. The van der Waals surface area contributed by atoms with E-state index in [9.17, 15) is 15.3 Å². The van der Waals surface area contributed by atoms with Gasteiger partial charge in [0.15, 0.2) is 0 Å². The molecule has 11 nitrogen and oxygen atoms in total. The number of para-hydroxylation sites is 1. The Morgan fingerprint density at radius 1 is 1.18 bits per heavy atom. The first-order valence-electron chi connectivity index (χ1n) is 16.4. The maximum absolute atomic E-state index is 14.1. The first-order valence-corrected chi connectivity index (χ1v) is 16.4. The van der Waals surface area contributed by atoms with Gasteiger partial charge in [-0.3, -0.25) is 0 Å². The number of likely N-dealkylation sites (tertiary alicyclic amines) is 1. The third-order valence-electron chi connectivity index (χ3n) is 10.0. The number of nitriles is 1. The minimum absolute atomic E-state index is 0.0669. The Morgan fingerprint density at radius 3 is 2.71 bits per heavy atom. The van der Waals surface area contributed by atoms with Crippen molar-refractivity contribution in [3.05, 3.63) is 46.3 Å². The summed E-state index contributed by atoms with van der Waals surface area (Å²) >= 11 is 0. The van der Waals surface area contributed by atoms with Gasteiger partial charge in [0.2, 0.25) is 0 Å². The lowest BCUT2D eigenvalue weighted by Gasteiger charge is -2.46. The average Bonchev–Trinajstić information content (AvgIpc) is 3.40. The fourth-order valence-electron chi connectivity index (χ4n) is 7.81. The molecule has 0 radical (unpaired) electrons. The number of nitrogens with zero attached hydrogens (tertiary/aromatic N) is 7. The van der Waals surface area contributed by atoms with E-state index in [2.05, 4.69) is 59.1 Å². The Morgan fingerprint density at radius 2 is 1.98 bits per heavy atom. The maximum Gasteiger partial charge on any atom is 0.504 e. The van der Waals surface area contributed by atoms with Gasteiger partial charge in [-0.25, -0.2) is 4.79 Å². The summed E-state index contributed by atoms with van der Waals surface area (Å²) in [7, 11) is 4.24. The molecule has 0 N–H and O–H groups in total. The number of hydrogen-bond acceptors (Lipinski definition) is 9. The molecule has 2 fully saturated rings. The smallest absolute Gasteiger partial charge is 0.504 e. The molecular weight excluding hydrogens is 570 g/mol. The molecule has 3 aliphatic heterocycles. The van der Waals surface area contributed by atoms with Gasteiger partial charge in [0, 0.05) is 56.4 Å². The summed E-state index contributed by atoms with van der Waals surface area (Å²) < 4.78 is 12.9. The van der Waals surface area contributed by atoms with Crippen LogP contribution >= 0.6 is 0 Å². The fraction of sp³-hybridized carbons (Fsp3) is 0.647. The van der Waals surface area contributed by atoms with E-state index in [4.69, 9.17) is 14.5 Å². The number of aromatic nitrogens is 2. The highest BCUT2D eigenvalue weighted by atomic mass is 16.6. The van der Waals surface area contributed by atoms with Crippen LogP contribution in [-0.2, 0) is 24.0 Å². The van der Waals surface area contributed by atoms with E-state index < -0.39 is 11.7 Å². The number of likely N-dealkylation sites (N-methyl/N-ethyl adjacent to an activating group) is 1. The standard InChI is InChI=1S/C34H47N7O4/c1-33(2,3)45-32(42)40-18-17-39(21-25(40)13-15-35)30-27-12-14-34(19-24-9-6-7-11-28(24)38(5)23-34)20-29(27)41(43)31(36-30)44-22-26-10-8-16-37(26)4/h6-7,9,11,25-26H,8,10,12-14,16-23H2,1-5H3/t25-,26-,34+/m0/s1. The quantitative estimate of drug-likeness (QED) is 0.366. The highest BCUT2D eigenvalue weighted by Crippen LogP contribution is 2.45. The second kappa shape index (κ2) is 12.2. The molecule has 1 spiro atoms. The molecule has 1 aromatic carbocycles. The molecule has 0 saturated carbocycles. The van der Waals surface area contributed by atoms with Crippen LogP contribution in [0.3, 0.4) is 0 Å². The van der Waals surface area contributed by atoms with Crippen molar-refractivity contribution in [1.82, 2.24) is 14.8 Å². The van der Waals surface area contributed by atoms with E-state index >= 15 is 0 Å². The number of amides is 1. The first kappa shape index (κ1) is 31.2. The van der Waals surface area contributed by atoms with Crippen molar-refractivity contribution in [3.63, 3.8) is 0 Å². The monoisotopic (exact) mass is 617 g/mol. The number of carbonyl (C=O) groups excluding carboxylic acids is 1. The lowest BCUT2D eigenvalue weighted by atomic mass is 9.67. The molecule has 4 heterocycles. The molecule has 2 aromatic rings. The van der Waals surface area contributed by atoms with Crippen LogP contribution in [0, 0.1) is 22.0 Å². The number of hydrogen-bond donors (Lipinski definition) is 0. The van der Waals surface area contributed by atoms with Crippen molar-refractivity contribution in [1.29, 1.82) is 5.26 Å². The van der Waals surface area contributed by atoms with E-state index in [1.165, 1.54) is 11.3 Å². The van der Waals surface area contributed by atoms with Gasteiger partial charge in [0.25, 0.3) is 5.82 Å². The summed E-state index contributed by atoms with van der Waals surface area (Å²) in [5.74, 6) is 0.748. The van der Waals surface area contributed by atoms with Gasteiger partial charge in [0.05, 0.1) is 24.1 Å². The van der Waals surface area contributed by atoms with Crippen LogP contribution in [0.5, 0.6) is 6.01 Å². The second-order valence-corrected chi connectivity index (χ2v) is 14.5. The third-order valence-corrected chi connectivity index (χ3v) is 10.0. The molecular formula is C34H47N7O4. The summed E-state index contributed by atoms with van der Waals surface area (Å²) in [6.07, 6.45) is 5.16. The van der Waals surface area contributed by atoms with Crippen molar-refractivity contribution in [2.24, 2.45) is 5.41 Å². The number of rotatable bonds is 5. The van der Waals surface area contributed by atoms with Crippen LogP contribution in [0.4, 0.5) is 16.3 Å². The Bertz CT molecular complexity index is 1470. The van der Waals surface area contributed by atoms with Gasteiger partial charge in [-0.1, -0.05) is 18.2 Å². The lowest BCUT2D eigenvalue weighted by Crippen LogP contribution is -2.57. The Balaban J connectivity index is 1.33. The molecule has 0 bridgehead atoms. The average molecular weight is 618 g/mol. The van der Waals surface area contributed by atoms with E-state index in [0.29, 0.717) is 32.7 Å². The van der Waals surface area contributed by atoms with Gasteiger partial charge < -0.3 is 34.3 Å². The van der Waals surface area contributed by atoms with Gasteiger partial charge in [-0.05, 0) is 83.5 Å². The molecule has 242 valence electrons. The van der Waals surface area contributed by atoms with Crippen LogP contribution in [0.15, 0.2) is 24.3 Å². The number of piperazine rings is 1.